The largest absolute Gasteiger partial charge is 0.473 e. The lowest BCUT2D eigenvalue weighted by Gasteiger charge is -2.10. The Morgan fingerprint density at radius 1 is 1.37 bits per heavy atom. The fourth-order valence-corrected chi connectivity index (χ4v) is 2.09. The molecule has 1 aromatic heterocycles. The SMILES string of the molecule is C=CCOc1nc(CNC2CC2)cc2ccccc12. The van der Waals surface area contributed by atoms with E-state index in [2.05, 4.69) is 29.0 Å². The van der Waals surface area contributed by atoms with Crippen LogP contribution in [0.15, 0.2) is 43.0 Å². The highest BCUT2D eigenvalue weighted by atomic mass is 16.5. The summed E-state index contributed by atoms with van der Waals surface area (Å²) in [6.45, 7) is 4.97. The van der Waals surface area contributed by atoms with Crippen molar-refractivity contribution in [1.29, 1.82) is 0 Å². The molecule has 0 radical (unpaired) electrons. The number of ether oxygens (including phenoxy) is 1. The average molecular weight is 254 g/mol. The molecular weight excluding hydrogens is 236 g/mol. The van der Waals surface area contributed by atoms with Crippen LogP contribution in [-0.4, -0.2) is 17.6 Å². The first kappa shape index (κ1) is 12.2. The van der Waals surface area contributed by atoms with E-state index in [4.69, 9.17) is 4.74 Å². The van der Waals surface area contributed by atoms with E-state index in [9.17, 15) is 0 Å². The maximum absolute atomic E-state index is 5.67. The summed E-state index contributed by atoms with van der Waals surface area (Å²) in [4.78, 5) is 4.61. The van der Waals surface area contributed by atoms with Crippen molar-refractivity contribution in [2.75, 3.05) is 6.61 Å². The second kappa shape index (κ2) is 5.41. The van der Waals surface area contributed by atoms with Gasteiger partial charge in [-0.25, -0.2) is 4.98 Å². The third-order valence-corrected chi connectivity index (χ3v) is 3.25. The van der Waals surface area contributed by atoms with Gasteiger partial charge in [0, 0.05) is 18.0 Å². The highest BCUT2D eigenvalue weighted by Crippen LogP contribution is 2.25. The maximum Gasteiger partial charge on any atom is 0.221 e. The summed E-state index contributed by atoms with van der Waals surface area (Å²) in [6, 6.07) is 11.0. The third kappa shape index (κ3) is 2.93. The van der Waals surface area contributed by atoms with Crippen molar-refractivity contribution >= 4 is 10.8 Å². The van der Waals surface area contributed by atoms with Crippen LogP contribution in [0.4, 0.5) is 0 Å². The van der Waals surface area contributed by atoms with Crippen LogP contribution in [0.1, 0.15) is 18.5 Å². The smallest absolute Gasteiger partial charge is 0.221 e. The number of nitrogens with one attached hydrogen (secondary N) is 1. The lowest BCUT2D eigenvalue weighted by molar-refractivity contribution is 0.352. The van der Waals surface area contributed by atoms with E-state index in [1.165, 1.54) is 18.2 Å². The molecule has 1 N–H and O–H groups in total. The maximum atomic E-state index is 5.67. The summed E-state index contributed by atoms with van der Waals surface area (Å²) in [5.74, 6) is 0.700. The second-order valence-electron chi connectivity index (χ2n) is 4.89. The zero-order chi connectivity index (χ0) is 13.1. The predicted molar refractivity (Wildman–Crippen MR) is 77.3 cm³/mol. The summed E-state index contributed by atoms with van der Waals surface area (Å²) in [7, 11) is 0. The van der Waals surface area contributed by atoms with Crippen LogP contribution in [0.2, 0.25) is 0 Å². The third-order valence-electron chi connectivity index (χ3n) is 3.25. The van der Waals surface area contributed by atoms with Crippen LogP contribution in [0.5, 0.6) is 5.88 Å². The van der Waals surface area contributed by atoms with Gasteiger partial charge in [0.2, 0.25) is 5.88 Å². The summed E-state index contributed by atoms with van der Waals surface area (Å²) < 4.78 is 5.67. The number of benzene rings is 1. The van der Waals surface area contributed by atoms with Crippen LogP contribution >= 0.6 is 0 Å². The van der Waals surface area contributed by atoms with Crippen molar-refractivity contribution in [3.05, 3.63) is 48.7 Å². The Morgan fingerprint density at radius 2 is 2.21 bits per heavy atom. The number of rotatable bonds is 6. The van der Waals surface area contributed by atoms with Crippen LogP contribution in [0, 0.1) is 0 Å². The van der Waals surface area contributed by atoms with E-state index in [-0.39, 0.29) is 0 Å². The molecule has 3 heteroatoms. The molecule has 1 aromatic carbocycles. The number of hydrogen-bond acceptors (Lipinski definition) is 3. The van der Waals surface area contributed by atoms with E-state index in [1.54, 1.807) is 6.08 Å². The minimum Gasteiger partial charge on any atom is -0.473 e. The fourth-order valence-electron chi connectivity index (χ4n) is 2.09. The molecule has 98 valence electrons. The van der Waals surface area contributed by atoms with Gasteiger partial charge in [0.15, 0.2) is 0 Å². The molecule has 1 saturated carbocycles. The van der Waals surface area contributed by atoms with Gasteiger partial charge in [-0.05, 0) is 30.4 Å². The van der Waals surface area contributed by atoms with Crippen LogP contribution < -0.4 is 10.1 Å². The first-order chi connectivity index (χ1) is 9.36. The van der Waals surface area contributed by atoms with E-state index in [1.807, 2.05) is 18.2 Å². The molecule has 0 aliphatic heterocycles. The van der Waals surface area contributed by atoms with E-state index >= 15 is 0 Å². The summed E-state index contributed by atoms with van der Waals surface area (Å²) in [6.07, 6.45) is 4.31. The molecule has 0 saturated heterocycles. The van der Waals surface area contributed by atoms with Gasteiger partial charge >= 0.3 is 0 Å². The topological polar surface area (TPSA) is 34.1 Å². The molecule has 2 aromatic rings. The zero-order valence-electron chi connectivity index (χ0n) is 10.9. The number of pyridine rings is 1. The lowest BCUT2D eigenvalue weighted by atomic mass is 10.1. The Balaban J connectivity index is 1.90. The first-order valence-electron chi connectivity index (χ1n) is 6.72. The van der Waals surface area contributed by atoms with Gasteiger partial charge in [0.1, 0.15) is 6.61 Å². The van der Waals surface area contributed by atoms with Gasteiger partial charge in [-0.3, -0.25) is 0 Å². The molecular formula is C16H18N2O. The molecule has 0 spiro atoms. The summed E-state index contributed by atoms with van der Waals surface area (Å²) >= 11 is 0. The molecule has 0 atom stereocenters. The molecule has 0 unspecified atom stereocenters. The van der Waals surface area contributed by atoms with Gasteiger partial charge in [-0.15, -0.1) is 0 Å². The van der Waals surface area contributed by atoms with Crippen molar-refractivity contribution in [1.82, 2.24) is 10.3 Å². The normalized spacial score (nSPS) is 14.5. The highest BCUT2D eigenvalue weighted by Gasteiger charge is 2.20. The standard InChI is InChI=1S/C16H18N2O/c1-2-9-19-16-15-6-4-3-5-12(15)10-14(18-16)11-17-13-7-8-13/h2-6,10,13,17H,1,7-9,11H2. The van der Waals surface area contributed by atoms with Crippen LogP contribution in [0.25, 0.3) is 10.8 Å². The van der Waals surface area contributed by atoms with Crippen molar-refractivity contribution < 1.29 is 4.74 Å². The minimum atomic E-state index is 0.483. The minimum absolute atomic E-state index is 0.483. The second-order valence-corrected chi connectivity index (χ2v) is 4.89. The molecule has 1 fully saturated rings. The summed E-state index contributed by atoms with van der Waals surface area (Å²) in [5.41, 5.74) is 1.03. The quantitative estimate of drug-likeness (QED) is 0.804. The first-order valence-corrected chi connectivity index (χ1v) is 6.72. The Kier molecular flexibility index (Phi) is 3.47. The molecule has 0 amide bonds. The number of nitrogens with zero attached hydrogens (tertiary/aromatic N) is 1. The van der Waals surface area contributed by atoms with Crippen LogP contribution in [0.3, 0.4) is 0 Å². The lowest BCUT2D eigenvalue weighted by Crippen LogP contribution is -2.16. The molecule has 3 rings (SSSR count). The predicted octanol–water partition coefficient (Wildman–Crippen LogP) is 3.05. The van der Waals surface area contributed by atoms with Gasteiger partial charge in [-0.2, -0.15) is 0 Å². The zero-order valence-corrected chi connectivity index (χ0v) is 10.9. The number of fused-ring (bicyclic) bond motifs is 1. The van der Waals surface area contributed by atoms with Crippen LogP contribution in [-0.2, 0) is 6.54 Å². The molecule has 19 heavy (non-hydrogen) atoms. The highest BCUT2D eigenvalue weighted by molar-refractivity contribution is 5.87. The Labute approximate surface area is 113 Å². The molecule has 0 bridgehead atoms. The van der Waals surface area contributed by atoms with Gasteiger partial charge in [0.25, 0.3) is 0 Å². The number of hydrogen-bond donors (Lipinski definition) is 1. The van der Waals surface area contributed by atoms with E-state index < -0.39 is 0 Å². The molecule has 1 aliphatic carbocycles. The molecule has 1 heterocycles. The Hall–Kier alpha value is -1.87. The number of aromatic nitrogens is 1. The van der Waals surface area contributed by atoms with Crippen molar-refractivity contribution in [2.45, 2.75) is 25.4 Å². The summed E-state index contributed by atoms with van der Waals surface area (Å²) in [5, 5.41) is 5.71. The van der Waals surface area contributed by atoms with E-state index in [0.717, 1.165) is 17.6 Å². The van der Waals surface area contributed by atoms with Crippen molar-refractivity contribution in [3.63, 3.8) is 0 Å². The average Bonchev–Trinajstić information content (AvgIpc) is 3.26. The van der Waals surface area contributed by atoms with Crippen molar-refractivity contribution in [3.8, 4) is 5.88 Å². The van der Waals surface area contributed by atoms with Crippen molar-refractivity contribution in [2.24, 2.45) is 0 Å². The van der Waals surface area contributed by atoms with Gasteiger partial charge in [0.05, 0.1) is 5.69 Å². The molecule has 1 aliphatic rings. The molecule has 3 nitrogen and oxygen atoms in total. The monoisotopic (exact) mass is 254 g/mol. The fraction of sp³-hybridized carbons (Fsp3) is 0.312. The Bertz CT molecular complexity index is 590. The van der Waals surface area contributed by atoms with E-state index in [0.29, 0.717) is 18.5 Å². The Morgan fingerprint density at radius 3 is 3.00 bits per heavy atom. The van der Waals surface area contributed by atoms with Gasteiger partial charge in [-0.1, -0.05) is 30.9 Å². The van der Waals surface area contributed by atoms with Gasteiger partial charge < -0.3 is 10.1 Å².